The lowest BCUT2D eigenvalue weighted by Crippen LogP contribution is -2.11. The van der Waals surface area contributed by atoms with E-state index in [2.05, 4.69) is 0 Å². The first-order valence-electron chi connectivity index (χ1n) is 3.80. The van der Waals surface area contributed by atoms with Crippen LogP contribution in [-0.4, -0.2) is 18.8 Å². The molecule has 0 radical (unpaired) electrons. The molecular formula is C9H13NO2. The van der Waals surface area contributed by atoms with Crippen LogP contribution in [0.2, 0.25) is 0 Å². The Morgan fingerprint density at radius 2 is 2.33 bits per heavy atom. The van der Waals surface area contributed by atoms with Gasteiger partial charge in [0.25, 0.3) is 0 Å². The lowest BCUT2D eigenvalue weighted by atomic mass is 10.1. The van der Waals surface area contributed by atoms with Gasteiger partial charge in [-0.05, 0) is 17.7 Å². The Morgan fingerprint density at radius 3 is 2.92 bits per heavy atom. The van der Waals surface area contributed by atoms with E-state index in [9.17, 15) is 5.11 Å². The van der Waals surface area contributed by atoms with Crippen LogP contribution in [0.1, 0.15) is 11.7 Å². The van der Waals surface area contributed by atoms with E-state index in [1.54, 1.807) is 13.2 Å². The predicted octanol–water partition coefficient (Wildman–Crippen LogP) is 0.687. The molecule has 0 aromatic heterocycles. The highest BCUT2D eigenvalue weighted by molar-refractivity contribution is 5.29. The van der Waals surface area contributed by atoms with Gasteiger partial charge < -0.3 is 15.6 Å². The maximum atomic E-state index is 9.37. The molecule has 0 aliphatic heterocycles. The van der Waals surface area contributed by atoms with E-state index in [1.807, 2.05) is 18.2 Å². The second-order valence-electron chi connectivity index (χ2n) is 2.53. The highest BCUT2D eigenvalue weighted by atomic mass is 16.5. The molecule has 0 aliphatic rings. The highest BCUT2D eigenvalue weighted by Gasteiger charge is 2.04. The number of nitrogens with two attached hydrogens (primary N) is 1. The van der Waals surface area contributed by atoms with Gasteiger partial charge in [-0.1, -0.05) is 12.1 Å². The second-order valence-corrected chi connectivity index (χ2v) is 2.53. The van der Waals surface area contributed by atoms with Crippen molar-refractivity contribution in [1.82, 2.24) is 0 Å². The van der Waals surface area contributed by atoms with E-state index in [0.29, 0.717) is 0 Å². The largest absolute Gasteiger partial charge is 0.497 e. The Bertz CT molecular complexity index is 250. The monoisotopic (exact) mass is 167 g/mol. The van der Waals surface area contributed by atoms with Crippen molar-refractivity contribution in [2.24, 2.45) is 5.73 Å². The summed E-state index contributed by atoms with van der Waals surface area (Å²) in [7, 11) is 1.59. The molecule has 0 bridgehead atoms. The summed E-state index contributed by atoms with van der Waals surface area (Å²) in [4.78, 5) is 0. The Kier molecular flexibility index (Phi) is 3.08. The van der Waals surface area contributed by atoms with Gasteiger partial charge in [-0.3, -0.25) is 0 Å². The molecule has 0 saturated carbocycles. The van der Waals surface area contributed by atoms with Gasteiger partial charge in [0.1, 0.15) is 5.75 Å². The minimum atomic E-state index is -0.597. The van der Waals surface area contributed by atoms with Gasteiger partial charge in [0.2, 0.25) is 0 Å². The molecular weight excluding hydrogens is 154 g/mol. The number of rotatable bonds is 3. The molecule has 3 N–H and O–H groups in total. The quantitative estimate of drug-likeness (QED) is 0.696. The van der Waals surface area contributed by atoms with Crippen LogP contribution in [0.15, 0.2) is 24.3 Å². The smallest absolute Gasteiger partial charge is 0.119 e. The number of aliphatic hydroxyl groups is 1. The first-order chi connectivity index (χ1) is 5.77. The average molecular weight is 167 g/mol. The number of hydrogen-bond acceptors (Lipinski definition) is 3. The van der Waals surface area contributed by atoms with E-state index in [-0.39, 0.29) is 6.54 Å². The normalized spacial score (nSPS) is 12.6. The molecule has 3 heteroatoms. The van der Waals surface area contributed by atoms with Crippen LogP contribution in [0.3, 0.4) is 0 Å². The Morgan fingerprint density at radius 1 is 1.58 bits per heavy atom. The van der Waals surface area contributed by atoms with Crippen LogP contribution in [0.4, 0.5) is 0 Å². The molecule has 1 atom stereocenters. The molecule has 1 rings (SSSR count). The average Bonchev–Trinajstić information content (AvgIpc) is 2.17. The van der Waals surface area contributed by atoms with E-state index < -0.39 is 6.10 Å². The lowest BCUT2D eigenvalue weighted by molar-refractivity contribution is 0.186. The molecule has 1 aromatic rings. The van der Waals surface area contributed by atoms with Crippen LogP contribution < -0.4 is 10.5 Å². The summed E-state index contributed by atoms with van der Waals surface area (Å²) in [5, 5.41) is 9.37. The van der Waals surface area contributed by atoms with Crippen molar-refractivity contribution in [3.8, 4) is 5.75 Å². The highest BCUT2D eigenvalue weighted by Crippen LogP contribution is 2.17. The zero-order chi connectivity index (χ0) is 8.97. The van der Waals surface area contributed by atoms with Crippen molar-refractivity contribution >= 4 is 0 Å². The second kappa shape index (κ2) is 4.09. The van der Waals surface area contributed by atoms with Gasteiger partial charge in [-0.15, -0.1) is 0 Å². The Labute approximate surface area is 71.8 Å². The van der Waals surface area contributed by atoms with Crippen LogP contribution in [-0.2, 0) is 0 Å². The Hall–Kier alpha value is -1.06. The minimum absolute atomic E-state index is 0.229. The molecule has 3 nitrogen and oxygen atoms in total. The summed E-state index contributed by atoms with van der Waals surface area (Å²) in [6, 6.07) is 7.25. The fourth-order valence-corrected chi connectivity index (χ4v) is 0.985. The first-order valence-corrected chi connectivity index (χ1v) is 3.80. The van der Waals surface area contributed by atoms with Crippen LogP contribution >= 0.6 is 0 Å². The molecule has 0 fully saturated rings. The predicted molar refractivity (Wildman–Crippen MR) is 47.0 cm³/mol. The molecule has 0 amide bonds. The molecule has 0 aliphatic carbocycles. The number of hydrogen-bond donors (Lipinski definition) is 2. The molecule has 1 unspecified atom stereocenters. The summed E-state index contributed by atoms with van der Waals surface area (Å²) in [6.45, 7) is 0.229. The maximum Gasteiger partial charge on any atom is 0.119 e. The fourth-order valence-electron chi connectivity index (χ4n) is 0.985. The SMILES string of the molecule is COc1cccc(C(O)CN)c1. The molecule has 0 heterocycles. The molecule has 66 valence electrons. The zero-order valence-electron chi connectivity index (χ0n) is 7.03. The summed E-state index contributed by atoms with van der Waals surface area (Å²) < 4.78 is 5.00. The molecule has 0 saturated heterocycles. The third-order valence-electron chi connectivity index (χ3n) is 1.70. The van der Waals surface area contributed by atoms with Crippen LogP contribution in [0, 0.1) is 0 Å². The van der Waals surface area contributed by atoms with E-state index in [4.69, 9.17) is 10.5 Å². The zero-order valence-corrected chi connectivity index (χ0v) is 7.03. The Balaban J connectivity index is 2.86. The van der Waals surface area contributed by atoms with Gasteiger partial charge in [-0.25, -0.2) is 0 Å². The van der Waals surface area contributed by atoms with Crippen molar-refractivity contribution in [2.45, 2.75) is 6.10 Å². The molecule has 12 heavy (non-hydrogen) atoms. The summed E-state index contributed by atoms with van der Waals surface area (Å²) in [5.41, 5.74) is 6.09. The number of methoxy groups -OCH3 is 1. The van der Waals surface area contributed by atoms with Crippen molar-refractivity contribution in [3.63, 3.8) is 0 Å². The van der Waals surface area contributed by atoms with Crippen molar-refractivity contribution in [1.29, 1.82) is 0 Å². The third kappa shape index (κ3) is 1.96. The third-order valence-corrected chi connectivity index (χ3v) is 1.70. The minimum Gasteiger partial charge on any atom is -0.497 e. The van der Waals surface area contributed by atoms with Gasteiger partial charge >= 0.3 is 0 Å². The van der Waals surface area contributed by atoms with E-state index in [1.165, 1.54) is 0 Å². The van der Waals surface area contributed by atoms with Crippen molar-refractivity contribution in [2.75, 3.05) is 13.7 Å². The summed E-state index contributed by atoms with van der Waals surface area (Å²) in [5.74, 6) is 0.736. The van der Waals surface area contributed by atoms with Crippen molar-refractivity contribution < 1.29 is 9.84 Å². The number of benzene rings is 1. The molecule has 0 spiro atoms. The van der Waals surface area contributed by atoms with Gasteiger partial charge in [0, 0.05) is 6.54 Å². The first kappa shape index (κ1) is 9.03. The lowest BCUT2D eigenvalue weighted by Gasteiger charge is -2.08. The summed E-state index contributed by atoms with van der Waals surface area (Å²) >= 11 is 0. The van der Waals surface area contributed by atoms with Crippen LogP contribution in [0.25, 0.3) is 0 Å². The standard InChI is InChI=1S/C9H13NO2/c1-12-8-4-2-3-7(5-8)9(11)6-10/h2-5,9,11H,6,10H2,1H3. The number of ether oxygens (including phenoxy) is 1. The van der Waals surface area contributed by atoms with E-state index in [0.717, 1.165) is 11.3 Å². The topological polar surface area (TPSA) is 55.5 Å². The van der Waals surface area contributed by atoms with E-state index >= 15 is 0 Å². The number of aliphatic hydroxyl groups excluding tert-OH is 1. The summed E-state index contributed by atoms with van der Waals surface area (Å²) in [6.07, 6.45) is -0.597. The van der Waals surface area contributed by atoms with Gasteiger partial charge in [-0.2, -0.15) is 0 Å². The molecule has 1 aromatic carbocycles. The maximum absolute atomic E-state index is 9.37. The van der Waals surface area contributed by atoms with Gasteiger partial charge in [0.05, 0.1) is 13.2 Å². The van der Waals surface area contributed by atoms with Crippen LogP contribution in [0.5, 0.6) is 5.75 Å². The fraction of sp³-hybridized carbons (Fsp3) is 0.333. The van der Waals surface area contributed by atoms with Gasteiger partial charge in [0.15, 0.2) is 0 Å². The van der Waals surface area contributed by atoms with Crippen molar-refractivity contribution in [3.05, 3.63) is 29.8 Å².